The van der Waals surface area contributed by atoms with Gasteiger partial charge in [0.2, 0.25) is 5.91 Å². The van der Waals surface area contributed by atoms with Crippen molar-refractivity contribution in [2.45, 2.75) is 44.7 Å². The lowest BCUT2D eigenvalue weighted by atomic mass is 10.0. The first-order chi connectivity index (χ1) is 16.8. The van der Waals surface area contributed by atoms with E-state index in [1.807, 2.05) is 42.1 Å². The second-order valence-electron chi connectivity index (χ2n) is 9.70. The predicted octanol–water partition coefficient (Wildman–Crippen LogP) is 3.70. The van der Waals surface area contributed by atoms with E-state index in [1.165, 1.54) is 10.9 Å². The fraction of sp³-hybridized carbons (Fsp3) is 0.296. The average molecular weight is 470 g/mol. The monoisotopic (exact) mass is 469 g/mol. The van der Waals surface area contributed by atoms with Crippen molar-refractivity contribution in [2.24, 2.45) is 12.8 Å². The van der Waals surface area contributed by atoms with Crippen molar-refractivity contribution in [3.63, 3.8) is 0 Å². The molecule has 0 spiro atoms. The number of nitrogens with zero attached hydrogens (tertiary/aromatic N) is 3. The van der Waals surface area contributed by atoms with Crippen molar-refractivity contribution in [3.8, 4) is 0 Å². The summed E-state index contributed by atoms with van der Waals surface area (Å²) in [5, 5.41) is 14.5. The third-order valence-corrected chi connectivity index (χ3v) is 6.59. The van der Waals surface area contributed by atoms with Gasteiger partial charge >= 0.3 is 0 Å². The summed E-state index contributed by atoms with van der Waals surface area (Å²) in [4.78, 5) is 19.5. The third kappa shape index (κ3) is 4.57. The zero-order chi connectivity index (χ0) is 24.6. The van der Waals surface area contributed by atoms with Gasteiger partial charge in [-0.15, -0.1) is 10.2 Å². The van der Waals surface area contributed by atoms with Crippen LogP contribution in [0.3, 0.4) is 0 Å². The SMILES string of the molecule is Cn1c(CCc2c[nH]c3ccccc23)nnc1C(Cc1c[nH]c2ccccc12)NC(=O)C(C)(C)N. The Morgan fingerprint density at radius 3 is 2.23 bits per heavy atom. The zero-order valence-corrected chi connectivity index (χ0v) is 20.3. The molecule has 0 bridgehead atoms. The molecule has 5 aromatic rings. The van der Waals surface area contributed by atoms with Crippen LogP contribution in [-0.4, -0.2) is 36.2 Å². The normalized spacial score (nSPS) is 12.9. The Morgan fingerprint density at radius 2 is 1.57 bits per heavy atom. The largest absolute Gasteiger partial charge is 0.361 e. The zero-order valence-electron chi connectivity index (χ0n) is 20.3. The molecule has 3 aromatic heterocycles. The van der Waals surface area contributed by atoms with Gasteiger partial charge in [-0.05, 0) is 43.5 Å². The van der Waals surface area contributed by atoms with E-state index in [0.29, 0.717) is 12.2 Å². The second-order valence-corrected chi connectivity index (χ2v) is 9.70. The average Bonchev–Trinajstić information content (AvgIpc) is 3.54. The summed E-state index contributed by atoms with van der Waals surface area (Å²) in [6.07, 6.45) is 6.20. The van der Waals surface area contributed by atoms with Gasteiger partial charge in [0.15, 0.2) is 5.82 Å². The molecule has 8 heteroatoms. The molecule has 0 radical (unpaired) electrons. The number of aromatic amines is 2. The van der Waals surface area contributed by atoms with Gasteiger partial charge in [0.05, 0.1) is 11.6 Å². The summed E-state index contributed by atoms with van der Waals surface area (Å²) in [7, 11) is 1.96. The maximum atomic E-state index is 12.9. The number of carbonyl (C=O) groups excluding carboxylic acids is 1. The molecule has 5 N–H and O–H groups in total. The molecule has 2 aromatic carbocycles. The molecule has 8 nitrogen and oxygen atoms in total. The van der Waals surface area contributed by atoms with Crippen LogP contribution in [-0.2, 0) is 31.1 Å². The molecule has 3 heterocycles. The van der Waals surface area contributed by atoms with Crippen molar-refractivity contribution in [1.29, 1.82) is 0 Å². The van der Waals surface area contributed by atoms with Gasteiger partial charge in [-0.2, -0.15) is 0 Å². The fourth-order valence-electron chi connectivity index (χ4n) is 4.55. The number of para-hydroxylation sites is 2. The lowest BCUT2D eigenvalue weighted by molar-refractivity contribution is -0.126. The Hall–Kier alpha value is -3.91. The minimum Gasteiger partial charge on any atom is -0.361 e. The topological polar surface area (TPSA) is 117 Å². The van der Waals surface area contributed by atoms with Crippen LogP contribution in [0.15, 0.2) is 60.9 Å². The van der Waals surface area contributed by atoms with E-state index in [9.17, 15) is 4.79 Å². The summed E-state index contributed by atoms with van der Waals surface area (Å²) in [5.41, 5.74) is 9.63. The molecule has 1 atom stereocenters. The quantitative estimate of drug-likeness (QED) is 0.277. The molecular formula is C27H31N7O. The van der Waals surface area contributed by atoms with Crippen molar-refractivity contribution in [3.05, 3.63) is 83.7 Å². The van der Waals surface area contributed by atoms with E-state index in [-0.39, 0.29) is 11.9 Å². The van der Waals surface area contributed by atoms with Crippen LogP contribution in [0, 0.1) is 0 Å². The summed E-state index contributed by atoms with van der Waals surface area (Å²) < 4.78 is 2.00. The number of aromatic nitrogens is 5. The Kier molecular flexibility index (Phi) is 5.90. The number of hydrogen-bond acceptors (Lipinski definition) is 4. The minimum absolute atomic E-state index is 0.231. The van der Waals surface area contributed by atoms with Gasteiger partial charge in [-0.1, -0.05) is 36.4 Å². The fourth-order valence-corrected chi connectivity index (χ4v) is 4.55. The van der Waals surface area contributed by atoms with Crippen molar-refractivity contribution >= 4 is 27.7 Å². The lowest BCUT2D eigenvalue weighted by Crippen LogP contribution is -2.50. The number of nitrogens with one attached hydrogen (secondary N) is 3. The van der Waals surface area contributed by atoms with E-state index < -0.39 is 5.54 Å². The second kappa shape index (κ2) is 9.03. The number of amides is 1. The Balaban J connectivity index is 1.41. The molecule has 35 heavy (non-hydrogen) atoms. The molecule has 0 aliphatic carbocycles. The van der Waals surface area contributed by atoms with Gasteiger partial charge < -0.3 is 25.6 Å². The molecular weight excluding hydrogens is 438 g/mol. The van der Waals surface area contributed by atoms with E-state index >= 15 is 0 Å². The minimum atomic E-state index is -1.00. The van der Waals surface area contributed by atoms with Gasteiger partial charge in [-0.25, -0.2) is 0 Å². The van der Waals surface area contributed by atoms with Crippen LogP contribution in [0.5, 0.6) is 0 Å². The van der Waals surface area contributed by atoms with Gasteiger partial charge in [0.25, 0.3) is 0 Å². The van der Waals surface area contributed by atoms with E-state index in [4.69, 9.17) is 5.73 Å². The van der Waals surface area contributed by atoms with Crippen LogP contribution in [0.4, 0.5) is 0 Å². The van der Waals surface area contributed by atoms with Gasteiger partial charge in [0, 0.05) is 54.1 Å². The van der Waals surface area contributed by atoms with Crippen molar-refractivity contribution in [2.75, 3.05) is 0 Å². The third-order valence-electron chi connectivity index (χ3n) is 6.59. The highest BCUT2D eigenvalue weighted by molar-refractivity contribution is 5.86. The molecule has 5 rings (SSSR count). The highest BCUT2D eigenvalue weighted by atomic mass is 16.2. The van der Waals surface area contributed by atoms with E-state index in [1.54, 1.807) is 13.8 Å². The standard InChI is InChI=1S/C27H31N7O/c1-27(2,28)26(35)31-23(14-18-16-30-22-11-7-5-9-20(18)22)25-33-32-24(34(25)3)13-12-17-15-29-21-10-6-4-8-19(17)21/h4-11,15-16,23,29-30H,12-14,28H2,1-3H3,(H,31,35). The molecule has 0 aliphatic heterocycles. The highest BCUT2D eigenvalue weighted by Gasteiger charge is 2.29. The van der Waals surface area contributed by atoms with E-state index in [0.717, 1.165) is 40.6 Å². The van der Waals surface area contributed by atoms with Crippen LogP contribution < -0.4 is 11.1 Å². The summed E-state index contributed by atoms with van der Waals surface area (Å²) in [6, 6.07) is 16.1. The molecule has 0 fully saturated rings. The van der Waals surface area contributed by atoms with Gasteiger partial charge in [-0.3, -0.25) is 4.79 Å². The molecule has 0 aliphatic rings. The van der Waals surface area contributed by atoms with Crippen molar-refractivity contribution < 1.29 is 4.79 Å². The Morgan fingerprint density at radius 1 is 0.971 bits per heavy atom. The summed E-state index contributed by atoms with van der Waals surface area (Å²) in [6.45, 7) is 3.41. The molecule has 0 saturated heterocycles. The first kappa shape index (κ1) is 22.9. The Labute approximate surface area is 203 Å². The number of nitrogens with two attached hydrogens (primary N) is 1. The number of rotatable bonds is 8. The molecule has 0 saturated carbocycles. The number of carbonyl (C=O) groups is 1. The molecule has 1 amide bonds. The number of fused-ring (bicyclic) bond motifs is 2. The first-order valence-electron chi connectivity index (χ1n) is 11.9. The number of aryl methyl sites for hydroxylation is 2. The smallest absolute Gasteiger partial charge is 0.240 e. The van der Waals surface area contributed by atoms with E-state index in [2.05, 4.69) is 55.9 Å². The number of H-pyrrole nitrogens is 2. The first-order valence-corrected chi connectivity index (χ1v) is 11.9. The highest BCUT2D eigenvalue weighted by Crippen LogP contribution is 2.25. The summed E-state index contributed by atoms with van der Waals surface area (Å²) in [5.74, 6) is 1.35. The van der Waals surface area contributed by atoms with Crippen molar-refractivity contribution in [1.82, 2.24) is 30.0 Å². The molecule has 180 valence electrons. The van der Waals surface area contributed by atoms with Crippen LogP contribution in [0.1, 0.15) is 42.7 Å². The maximum Gasteiger partial charge on any atom is 0.240 e. The van der Waals surface area contributed by atoms with Crippen LogP contribution in [0.25, 0.3) is 21.8 Å². The number of hydrogen-bond donors (Lipinski definition) is 4. The summed E-state index contributed by atoms with van der Waals surface area (Å²) >= 11 is 0. The maximum absolute atomic E-state index is 12.9. The predicted molar refractivity (Wildman–Crippen MR) is 138 cm³/mol. The lowest BCUT2D eigenvalue weighted by Gasteiger charge is -2.24. The molecule has 1 unspecified atom stereocenters. The Bertz CT molecular complexity index is 1480. The van der Waals surface area contributed by atoms with Gasteiger partial charge in [0.1, 0.15) is 5.82 Å². The van der Waals surface area contributed by atoms with Crippen LogP contribution in [0.2, 0.25) is 0 Å². The van der Waals surface area contributed by atoms with Crippen LogP contribution >= 0.6 is 0 Å². The number of benzene rings is 2.